The zero-order chi connectivity index (χ0) is 14.5. The summed E-state index contributed by atoms with van der Waals surface area (Å²) >= 11 is 0. The molecule has 3 nitrogen and oxygen atoms in total. The highest BCUT2D eigenvalue weighted by Crippen LogP contribution is 2.25. The van der Waals surface area contributed by atoms with Gasteiger partial charge in [0.15, 0.2) is 0 Å². The Balaban J connectivity index is 2.82. The van der Waals surface area contributed by atoms with Crippen LogP contribution < -0.4 is 0 Å². The molecule has 0 aliphatic carbocycles. The molecular formula is C16H25NO2. The highest BCUT2D eigenvalue weighted by Gasteiger charge is 2.33. The summed E-state index contributed by atoms with van der Waals surface area (Å²) in [5, 5.41) is 9.40. The van der Waals surface area contributed by atoms with Crippen molar-refractivity contribution < 1.29 is 9.90 Å². The standard InChI is InChI=1S/C16H25NO2/c1-5-16(4,15(18)19)12-17(13(2)3)11-14-9-7-6-8-10-14/h6-10,13H,5,11-12H2,1-4H3,(H,18,19). The molecule has 1 aromatic carbocycles. The maximum Gasteiger partial charge on any atom is 0.310 e. The van der Waals surface area contributed by atoms with Crippen molar-refractivity contribution in [3.63, 3.8) is 0 Å². The number of rotatable bonds is 7. The molecule has 0 heterocycles. The maximum atomic E-state index is 11.4. The fraction of sp³-hybridized carbons (Fsp3) is 0.562. The molecule has 1 rings (SSSR count). The minimum absolute atomic E-state index is 0.324. The van der Waals surface area contributed by atoms with E-state index in [1.807, 2.05) is 32.0 Å². The van der Waals surface area contributed by atoms with Gasteiger partial charge in [0.1, 0.15) is 0 Å². The second-order valence-electron chi connectivity index (χ2n) is 5.70. The summed E-state index contributed by atoms with van der Waals surface area (Å²) in [5.41, 5.74) is 0.541. The monoisotopic (exact) mass is 263 g/mol. The van der Waals surface area contributed by atoms with Crippen molar-refractivity contribution in [3.8, 4) is 0 Å². The lowest BCUT2D eigenvalue weighted by atomic mass is 9.86. The zero-order valence-corrected chi connectivity index (χ0v) is 12.4. The van der Waals surface area contributed by atoms with Crippen LogP contribution in [0.25, 0.3) is 0 Å². The van der Waals surface area contributed by atoms with Gasteiger partial charge in [0, 0.05) is 19.1 Å². The van der Waals surface area contributed by atoms with Gasteiger partial charge in [-0.2, -0.15) is 0 Å². The van der Waals surface area contributed by atoms with Gasteiger partial charge >= 0.3 is 5.97 Å². The lowest BCUT2D eigenvalue weighted by molar-refractivity contribution is -0.149. The van der Waals surface area contributed by atoms with E-state index in [4.69, 9.17) is 0 Å². The first-order valence-corrected chi connectivity index (χ1v) is 6.90. The molecule has 0 amide bonds. The molecule has 1 N–H and O–H groups in total. The Bertz CT molecular complexity index is 402. The summed E-state index contributed by atoms with van der Waals surface area (Å²) in [6, 6.07) is 10.5. The zero-order valence-electron chi connectivity index (χ0n) is 12.4. The average molecular weight is 263 g/mol. The molecule has 106 valence electrons. The largest absolute Gasteiger partial charge is 0.481 e. The number of carbonyl (C=O) groups is 1. The van der Waals surface area contributed by atoms with Crippen LogP contribution in [0.5, 0.6) is 0 Å². The van der Waals surface area contributed by atoms with E-state index in [1.54, 1.807) is 0 Å². The Labute approximate surface area is 116 Å². The van der Waals surface area contributed by atoms with Gasteiger partial charge in [-0.25, -0.2) is 0 Å². The third-order valence-electron chi connectivity index (χ3n) is 3.81. The van der Waals surface area contributed by atoms with Crippen LogP contribution in [-0.4, -0.2) is 28.6 Å². The minimum atomic E-state index is -0.714. The summed E-state index contributed by atoms with van der Waals surface area (Å²) in [4.78, 5) is 13.7. The molecule has 3 heteroatoms. The number of hydrogen-bond acceptors (Lipinski definition) is 2. The molecule has 1 atom stereocenters. The average Bonchev–Trinajstić information content (AvgIpc) is 2.38. The second kappa shape index (κ2) is 6.71. The van der Waals surface area contributed by atoms with Crippen LogP contribution in [-0.2, 0) is 11.3 Å². The Kier molecular flexibility index (Phi) is 5.55. The number of carboxylic acid groups (broad SMARTS) is 1. The molecule has 0 radical (unpaired) electrons. The van der Waals surface area contributed by atoms with Gasteiger partial charge in [-0.3, -0.25) is 9.69 Å². The van der Waals surface area contributed by atoms with Crippen molar-refractivity contribution in [2.24, 2.45) is 5.41 Å². The van der Waals surface area contributed by atoms with Gasteiger partial charge in [0.05, 0.1) is 5.41 Å². The SMILES string of the molecule is CCC(C)(CN(Cc1ccccc1)C(C)C)C(=O)O. The lowest BCUT2D eigenvalue weighted by Crippen LogP contribution is -2.43. The van der Waals surface area contributed by atoms with Crippen LogP contribution in [0.2, 0.25) is 0 Å². The minimum Gasteiger partial charge on any atom is -0.481 e. The lowest BCUT2D eigenvalue weighted by Gasteiger charge is -2.34. The molecule has 0 saturated carbocycles. The van der Waals surface area contributed by atoms with Crippen LogP contribution in [0.1, 0.15) is 39.7 Å². The van der Waals surface area contributed by atoms with E-state index in [2.05, 4.69) is 30.9 Å². The summed E-state index contributed by atoms with van der Waals surface area (Å²) in [6.45, 7) is 9.36. The molecule has 0 spiro atoms. The highest BCUT2D eigenvalue weighted by molar-refractivity contribution is 5.74. The maximum absolute atomic E-state index is 11.4. The van der Waals surface area contributed by atoms with Gasteiger partial charge < -0.3 is 5.11 Å². The Hall–Kier alpha value is -1.35. The molecule has 0 bridgehead atoms. The number of benzene rings is 1. The number of carboxylic acids is 1. The highest BCUT2D eigenvalue weighted by atomic mass is 16.4. The number of aliphatic carboxylic acids is 1. The van der Waals surface area contributed by atoms with Crippen LogP contribution in [0, 0.1) is 5.41 Å². The summed E-state index contributed by atoms with van der Waals surface area (Å²) in [5.74, 6) is -0.714. The van der Waals surface area contributed by atoms with E-state index in [1.165, 1.54) is 5.56 Å². The first kappa shape index (κ1) is 15.7. The van der Waals surface area contributed by atoms with Crippen LogP contribution >= 0.6 is 0 Å². The van der Waals surface area contributed by atoms with E-state index in [-0.39, 0.29) is 0 Å². The third-order valence-corrected chi connectivity index (χ3v) is 3.81. The van der Waals surface area contributed by atoms with Gasteiger partial charge in [-0.05, 0) is 32.8 Å². The van der Waals surface area contributed by atoms with Crippen LogP contribution in [0.3, 0.4) is 0 Å². The Morgan fingerprint density at radius 3 is 2.32 bits per heavy atom. The molecular weight excluding hydrogens is 238 g/mol. The quantitative estimate of drug-likeness (QED) is 0.819. The molecule has 1 aromatic rings. The van der Waals surface area contributed by atoms with Crippen molar-refractivity contribution in [1.82, 2.24) is 4.90 Å². The summed E-state index contributed by atoms with van der Waals surface area (Å²) in [6.07, 6.45) is 0.639. The smallest absolute Gasteiger partial charge is 0.310 e. The molecule has 0 saturated heterocycles. The number of hydrogen-bond donors (Lipinski definition) is 1. The van der Waals surface area contributed by atoms with Crippen molar-refractivity contribution in [2.45, 2.75) is 46.7 Å². The normalized spacial score (nSPS) is 14.6. The molecule has 0 aliphatic rings. The van der Waals surface area contributed by atoms with E-state index in [9.17, 15) is 9.90 Å². The molecule has 0 aliphatic heterocycles. The fourth-order valence-electron chi connectivity index (χ4n) is 2.02. The number of nitrogens with zero attached hydrogens (tertiary/aromatic N) is 1. The molecule has 1 unspecified atom stereocenters. The fourth-order valence-corrected chi connectivity index (χ4v) is 2.02. The summed E-state index contributed by atoms with van der Waals surface area (Å²) in [7, 11) is 0. The topological polar surface area (TPSA) is 40.5 Å². The first-order valence-electron chi connectivity index (χ1n) is 6.90. The van der Waals surface area contributed by atoms with Crippen molar-refractivity contribution in [1.29, 1.82) is 0 Å². The molecule has 19 heavy (non-hydrogen) atoms. The van der Waals surface area contributed by atoms with E-state index < -0.39 is 11.4 Å². The van der Waals surface area contributed by atoms with Crippen LogP contribution in [0.4, 0.5) is 0 Å². The molecule has 0 aromatic heterocycles. The van der Waals surface area contributed by atoms with Crippen LogP contribution in [0.15, 0.2) is 30.3 Å². The van der Waals surface area contributed by atoms with E-state index in [0.29, 0.717) is 19.0 Å². The van der Waals surface area contributed by atoms with Crippen molar-refractivity contribution in [2.75, 3.05) is 6.54 Å². The van der Waals surface area contributed by atoms with Gasteiger partial charge in [-0.15, -0.1) is 0 Å². The summed E-state index contributed by atoms with van der Waals surface area (Å²) < 4.78 is 0. The van der Waals surface area contributed by atoms with E-state index in [0.717, 1.165) is 6.54 Å². The first-order chi connectivity index (χ1) is 8.89. The van der Waals surface area contributed by atoms with Crippen molar-refractivity contribution >= 4 is 5.97 Å². The Morgan fingerprint density at radius 1 is 1.32 bits per heavy atom. The van der Waals surface area contributed by atoms with E-state index >= 15 is 0 Å². The molecule has 0 fully saturated rings. The predicted molar refractivity (Wildman–Crippen MR) is 78.0 cm³/mol. The predicted octanol–water partition coefficient (Wildman–Crippen LogP) is 3.40. The van der Waals surface area contributed by atoms with Gasteiger partial charge in [0.25, 0.3) is 0 Å². The van der Waals surface area contributed by atoms with Crippen molar-refractivity contribution in [3.05, 3.63) is 35.9 Å². The third kappa shape index (κ3) is 4.35. The second-order valence-corrected chi connectivity index (χ2v) is 5.70. The Morgan fingerprint density at radius 2 is 1.89 bits per heavy atom. The van der Waals surface area contributed by atoms with Gasteiger partial charge in [0.2, 0.25) is 0 Å². The van der Waals surface area contributed by atoms with Gasteiger partial charge in [-0.1, -0.05) is 37.3 Å².